The summed E-state index contributed by atoms with van der Waals surface area (Å²) < 4.78 is 0. The first-order valence-electron chi connectivity index (χ1n) is 3.76. The summed E-state index contributed by atoms with van der Waals surface area (Å²) in [4.78, 5) is 8.07. The predicted molar refractivity (Wildman–Crippen MR) is 50.7 cm³/mol. The molecule has 64 valence electrons. The number of hydrogen-bond acceptors (Lipinski definition) is 5. The molecule has 0 fully saturated rings. The van der Waals surface area contributed by atoms with Crippen LogP contribution in [0.15, 0.2) is 0 Å². The van der Waals surface area contributed by atoms with Gasteiger partial charge in [0.25, 0.3) is 0 Å². The molecule has 0 unspecified atom stereocenters. The second-order valence-corrected chi connectivity index (χ2v) is 3.80. The van der Waals surface area contributed by atoms with Crippen molar-refractivity contribution in [1.29, 1.82) is 0 Å². The fourth-order valence-corrected chi connectivity index (χ4v) is 2.28. The van der Waals surface area contributed by atoms with Crippen molar-refractivity contribution in [3.63, 3.8) is 0 Å². The Morgan fingerprint density at radius 1 is 1.25 bits per heavy atom. The maximum atomic E-state index is 5.70. The zero-order valence-electron chi connectivity index (χ0n) is 6.58. The van der Waals surface area contributed by atoms with Gasteiger partial charge in [-0.15, -0.1) is 0 Å². The molecule has 4 nitrogen and oxygen atoms in total. The number of rotatable bonds is 0. The number of nitrogens with two attached hydrogens (primary N) is 2. The molecule has 12 heavy (non-hydrogen) atoms. The smallest absolute Gasteiger partial charge is 0.222 e. The highest BCUT2D eigenvalue weighted by atomic mass is 32.2. The molecule has 2 heterocycles. The van der Waals surface area contributed by atoms with Gasteiger partial charge in [0.2, 0.25) is 5.95 Å². The molecule has 5 heteroatoms. The van der Waals surface area contributed by atoms with Gasteiger partial charge in [-0.05, 0) is 12.2 Å². The summed E-state index contributed by atoms with van der Waals surface area (Å²) in [6, 6.07) is 0. The molecule has 0 saturated carbocycles. The molecule has 1 aliphatic heterocycles. The van der Waals surface area contributed by atoms with Gasteiger partial charge < -0.3 is 11.5 Å². The van der Waals surface area contributed by atoms with Gasteiger partial charge in [0, 0.05) is 11.3 Å². The first kappa shape index (κ1) is 7.67. The molecule has 0 bridgehead atoms. The van der Waals surface area contributed by atoms with Crippen molar-refractivity contribution in [2.45, 2.75) is 12.2 Å². The van der Waals surface area contributed by atoms with Crippen molar-refractivity contribution in [1.82, 2.24) is 9.97 Å². The van der Waals surface area contributed by atoms with Crippen LogP contribution >= 0.6 is 11.8 Å². The van der Waals surface area contributed by atoms with Crippen molar-refractivity contribution in [3.8, 4) is 0 Å². The number of thioether (sulfide) groups is 1. The highest BCUT2D eigenvalue weighted by Crippen LogP contribution is 2.26. The Kier molecular flexibility index (Phi) is 1.80. The molecule has 0 aromatic carbocycles. The lowest BCUT2D eigenvalue weighted by atomic mass is 10.2. The van der Waals surface area contributed by atoms with Gasteiger partial charge in [0.15, 0.2) is 0 Å². The van der Waals surface area contributed by atoms with E-state index in [1.807, 2.05) is 11.8 Å². The average Bonchev–Trinajstić information content (AvgIpc) is 2.04. The standard InChI is InChI=1S/C7H10N4S/c8-6-4-3-12-2-1-5(4)10-7(9)11-6/h1-3H2,(H4,8,9,10,11). The van der Waals surface area contributed by atoms with E-state index in [0.29, 0.717) is 5.82 Å². The van der Waals surface area contributed by atoms with E-state index in [9.17, 15) is 0 Å². The van der Waals surface area contributed by atoms with Crippen LogP contribution in [0.4, 0.5) is 11.8 Å². The third-order valence-electron chi connectivity index (χ3n) is 1.87. The van der Waals surface area contributed by atoms with E-state index in [2.05, 4.69) is 9.97 Å². The van der Waals surface area contributed by atoms with Gasteiger partial charge >= 0.3 is 0 Å². The van der Waals surface area contributed by atoms with Crippen LogP contribution in [0.2, 0.25) is 0 Å². The summed E-state index contributed by atoms with van der Waals surface area (Å²) in [5.74, 6) is 2.85. The quantitative estimate of drug-likeness (QED) is 0.608. The van der Waals surface area contributed by atoms with Crippen molar-refractivity contribution in [2.24, 2.45) is 0 Å². The highest BCUT2D eigenvalue weighted by molar-refractivity contribution is 7.98. The van der Waals surface area contributed by atoms with Gasteiger partial charge in [-0.25, -0.2) is 4.98 Å². The number of hydrogen-bond donors (Lipinski definition) is 2. The van der Waals surface area contributed by atoms with E-state index in [0.717, 1.165) is 29.2 Å². The van der Waals surface area contributed by atoms with Gasteiger partial charge in [-0.1, -0.05) is 0 Å². The second-order valence-electron chi connectivity index (χ2n) is 2.69. The first-order valence-corrected chi connectivity index (χ1v) is 4.91. The Labute approximate surface area is 74.8 Å². The molecule has 1 aromatic rings. The van der Waals surface area contributed by atoms with Crippen molar-refractivity contribution < 1.29 is 0 Å². The molecule has 0 amide bonds. The molecule has 0 spiro atoms. The maximum absolute atomic E-state index is 5.70. The number of nitrogen functional groups attached to an aromatic ring is 2. The molecule has 1 aliphatic rings. The van der Waals surface area contributed by atoms with Crippen LogP contribution in [0, 0.1) is 0 Å². The topological polar surface area (TPSA) is 77.8 Å². The SMILES string of the molecule is Nc1nc(N)c2c(n1)CCSC2. The largest absolute Gasteiger partial charge is 0.383 e. The summed E-state index contributed by atoms with van der Waals surface area (Å²) in [5.41, 5.74) is 13.3. The molecular weight excluding hydrogens is 172 g/mol. The lowest BCUT2D eigenvalue weighted by Crippen LogP contribution is -2.12. The molecule has 4 N–H and O–H groups in total. The number of fused-ring (bicyclic) bond motifs is 1. The zero-order chi connectivity index (χ0) is 8.55. The maximum Gasteiger partial charge on any atom is 0.222 e. The van der Waals surface area contributed by atoms with E-state index in [4.69, 9.17) is 11.5 Å². The van der Waals surface area contributed by atoms with Crippen LogP contribution in [0.3, 0.4) is 0 Å². The molecule has 0 saturated heterocycles. The Balaban J connectivity index is 2.53. The van der Waals surface area contributed by atoms with E-state index < -0.39 is 0 Å². The average molecular weight is 182 g/mol. The van der Waals surface area contributed by atoms with Gasteiger partial charge in [0.05, 0.1) is 5.69 Å². The Hall–Kier alpha value is -0.970. The van der Waals surface area contributed by atoms with Gasteiger partial charge in [0.1, 0.15) is 5.82 Å². The van der Waals surface area contributed by atoms with Crippen molar-refractivity contribution in [2.75, 3.05) is 17.2 Å². The van der Waals surface area contributed by atoms with Crippen LogP contribution in [0.5, 0.6) is 0 Å². The first-order chi connectivity index (χ1) is 5.77. The monoisotopic (exact) mass is 182 g/mol. The summed E-state index contributed by atoms with van der Waals surface area (Å²) in [6.45, 7) is 0. The minimum absolute atomic E-state index is 0.290. The lowest BCUT2D eigenvalue weighted by molar-refractivity contribution is 0.970. The summed E-state index contributed by atoms with van der Waals surface area (Å²) >= 11 is 1.86. The van der Waals surface area contributed by atoms with Gasteiger partial charge in [-0.2, -0.15) is 16.7 Å². The normalized spacial score (nSPS) is 15.7. The Morgan fingerprint density at radius 2 is 2.08 bits per heavy atom. The fourth-order valence-electron chi connectivity index (χ4n) is 1.28. The molecule has 0 aliphatic carbocycles. The number of aromatic nitrogens is 2. The van der Waals surface area contributed by atoms with Crippen LogP contribution in [-0.4, -0.2) is 15.7 Å². The lowest BCUT2D eigenvalue weighted by Gasteiger charge is -2.15. The minimum Gasteiger partial charge on any atom is -0.383 e. The third kappa shape index (κ3) is 1.20. The second kappa shape index (κ2) is 2.82. The van der Waals surface area contributed by atoms with E-state index >= 15 is 0 Å². The van der Waals surface area contributed by atoms with Crippen LogP contribution in [0.25, 0.3) is 0 Å². The van der Waals surface area contributed by atoms with E-state index in [1.54, 1.807) is 0 Å². The highest BCUT2D eigenvalue weighted by Gasteiger charge is 2.15. The predicted octanol–water partition coefficient (Wildman–Crippen LogP) is 0.430. The number of aryl methyl sites for hydroxylation is 1. The molecular formula is C7H10N4S. The summed E-state index contributed by atoms with van der Waals surface area (Å²) in [5, 5.41) is 0. The molecule has 1 aromatic heterocycles. The van der Waals surface area contributed by atoms with Crippen molar-refractivity contribution >= 4 is 23.5 Å². The van der Waals surface area contributed by atoms with E-state index in [1.165, 1.54) is 0 Å². The number of anilines is 2. The van der Waals surface area contributed by atoms with Crippen LogP contribution in [0.1, 0.15) is 11.3 Å². The van der Waals surface area contributed by atoms with Crippen LogP contribution < -0.4 is 11.5 Å². The van der Waals surface area contributed by atoms with E-state index in [-0.39, 0.29) is 5.95 Å². The Bertz CT molecular complexity index is 313. The van der Waals surface area contributed by atoms with Gasteiger partial charge in [-0.3, -0.25) is 0 Å². The third-order valence-corrected chi connectivity index (χ3v) is 2.86. The summed E-state index contributed by atoms with van der Waals surface area (Å²) in [7, 11) is 0. The molecule has 0 atom stereocenters. The van der Waals surface area contributed by atoms with Crippen molar-refractivity contribution in [3.05, 3.63) is 11.3 Å². The Morgan fingerprint density at radius 3 is 2.92 bits per heavy atom. The minimum atomic E-state index is 0.290. The number of nitrogens with zero attached hydrogens (tertiary/aromatic N) is 2. The van der Waals surface area contributed by atoms with Crippen LogP contribution in [-0.2, 0) is 12.2 Å². The molecule has 0 radical (unpaired) electrons. The molecule has 2 rings (SSSR count). The summed E-state index contributed by atoms with van der Waals surface area (Å²) in [6.07, 6.45) is 0.955. The fraction of sp³-hybridized carbons (Fsp3) is 0.429. The zero-order valence-corrected chi connectivity index (χ0v) is 7.40.